The minimum atomic E-state index is 0.750. The van der Waals surface area contributed by atoms with E-state index in [1.165, 1.54) is 12.4 Å². The fourth-order valence-corrected chi connectivity index (χ4v) is 0.575. The van der Waals surface area contributed by atoms with Crippen LogP contribution in [0.3, 0.4) is 0 Å². The lowest BCUT2D eigenvalue weighted by atomic mass is 10.5. The summed E-state index contributed by atoms with van der Waals surface area (Å²) in [6, 6.07) is 10.7. The fraction of sp³-hybridized carbons (Fsp3) is 0. The highest BCUT2D eigenvalue weighted by molar-refractivity contribution is 4.95. The third kappa shape index (κ3) is 2.22. The summed E-state index contributed by atoms with van der Waals surface area (Å²) < 4.78 is 0.750. The lowest BCUT2D eigenvalue weighted by molar-refractivity contribution is 1.08. The summed E-state index contributed by atoms with van der Waals surface area (Å²) in [5.74, 6) is 0. The molecule has 0 N–H and O–H groups in total. The molecule has 1 heterocycles. The average Bonchev–Trinajstić information content (AvgIpc) is 2.02. The summed E-state index contributed by atoms with van der Waals surface area (Å²) in [5, 5.41) is 10.7. The molecule has 0 radical (unpaired) electrons. The van der Waals surface area contributed by atoms with Gasteiger partial charge in [-0.25, -0.2) is 0 Å². The number of rotatable bonds is 0. The minimum absolute atomic E-state index is 0.750. The first-order chi connectivity index (χ1) is 4.89. The van der Waals surface area contributed by atoms with Gasteiger partial charge in [0, 0.05) is 0 Å². The molecule has 0 aliphatic carbocycles. The van der Waals surface area contributed by atoms with Crippen molar-refractivity contribution >= 4 is 0 Å². The van der Waals surface area contributed by atoms with E-state index in [2.05, 4.69) is 0 Å². The van der Waals surface area contributed by atoms with Crippen LogP contribution in [-0.2, 0) is 0 Å². The second-order valence-corrected chi connectivity index (χ2v) is 1.81. The molecule has 0 unspecified atom stereocenters. The Labute approximate surface area is 59.6 Å². The van der Waals surface area contributed by atoms with Crippen LogP contribution in [0.25, 0.3) is 0 Å². The first-order valence-electron chi connectivity index (χ1n) is 3.03. The molecular weight excluding hydrogens is 126 g/mol. The zero-order valence-electron chi connectivity index (χ0n) is 5.47. The Kier molecular flexibility index (Phi) is 2.38. The van der Waals surface area contributed by atoms with Crippen molar-refractivity contribution in [3.8, 4) is 0 Å². The first-order valence-corrected chi connectivity index (χ1v) is 3.03. The first kappa shape index (κ1) is 6.68. The molecule has 0 spiro atoms. The molecule has 1 aromatic rings. The molecule has 2 heteroatoms. The highest BCUT2D eigenvalue weighted by Gasteiger charge is 1.61. The van der Waals surface area contributed by atoms with Crippen LogP contribution in [0, 0.1) is 5.21 Å². The van der Waals surface area contributed by atoms with Crippen molar-refractivity contribution in [2.24, 2.45) is 0 Å². The van der Waals surface area contributed by atoms with E-state index in [0.29, 0.717) is 0 Å². The van der Waals surface area contributed by atoms with Gasteiger partial charge in [0.2, 0.25) is 0 Å². The van der Waals surface area contributed by atoms with E-state index in [1.54, 1.807) is 24.3 Å². The maximum absolute atomic E-state index is 10.7. The molecule has 2 nitrogen and oxygen atoms in total. The highest BCUT2D eigenvalue weighted by atomic mass is 16.5. The minimum Gasteiger partial charge on any atom is -0.806 e. The third-order valence-corrected chi connectivity index (χ3v) is 1.02. The molecule has 1 aromatic heterocycles. The van der Waals surface area contributed by atoms with E-state index >= 15 is 0 Å². The van der Waals surface area contributed by atoms with E-state index in [-0.39, 0.29) is 0 Å². The van der Waals surface area contributed by atoms with Crippen LogP contribution in [0.15, 0.2) is 48.8 Å². The maximum Gasteiger partial charge on any atom is -0.00175 e. The SMILES string of the molecule is [O-]n1cccccccc1. The lowest BCUT2D eigenvalue weighted by Crippen LogP contribution is -1.77. The predicted octanol–water partition coefficient (Wildman–Crippen LogP) is 1.96. The Morgan fingerprint density at radius 2 is 1.10 bits per heavy atom. The van der Waals surface area contributed by atoms with Gasteiger partial charge in [0.1, 0.15) is 0 Å². The van der Waals surface area contributed by atoms with Gasteiger partial charge in [0.15, 0.2) is 0 Å². The molecule has 52 valence electrons. The van der Waals surface area contributed by atoms with Gasteiger partial charge >= 0.3 is 0 Å². The molecule has 0 saturated carbocycles. The monoisotopic (exact) mass is 134 g/mol. The van der Waals surface area contributed by atoms with Gasteiger partial charge in [-0.1, -0.05) is 24.3 Å². The molecule has 10 heavy (non-hydrogen) atoms. The Hall–Kier alpha value is -1.44. The van der Waals surface area contributed by atoms with Crippen LogP contribution in [0.4, 0.5) is 0 Å². The van der Waals surface area contributed by atoms with E-state index in [4.69, 9.17) is 0 Å². The van der Waals surface area contributed by atoms with Gasteiger partial charge in [-0.2, -0.15) is 0 Å². The molecule has 0 aliphatic heterocycles. The van der Waals surface area contributed by atoms with Crippen LogP contribution >= 0.6 is 0 Å². The number of hydrogen-bond acceptors (Lipinski definition) is 1. The molecule has 0 aromatic carbocycles. The average molecular weight is 134 g/mol. The highest BCUT2D eigenvalue weighted by Crippen LogP contribution is 1.81. The smallest absolute Gasteiger partial charge is 0.00175 e. The topological polar surface area (TPSA) is 28.0 Å². The van der Waals surface area contributed by atoms with Crippen LogP contribution in [0.2, 0.25) is 0 Å². The molecule has 0 aliphatic rings. The Balaban J connectivity index is 3.13. The third-order valence-electron chi connectivity index (χ3n) is 1.02. The summed E-state index contributed by atoms with van der Waals surface area (Å²) in [6.45, 7) is 0. The van der Waals surface area contributed by atoms with Crippen molar-refractivity contribution in [1.82, 2.24) is 4.73 Å². The van der Waals surface area contributed by atoms with Crippen molar-refractivity contribution in [3.63, 3.8) is 0 Å². The number of nitrogens with zero attached hydrogens (tertiary/aromatic N) is 1. The van der Waals surface area contributed by atoms with Crippen molar-refractivity contribution < 1.29 is 0 Å². The van der Waals surface area contributed by atoms with Gasteiger partial charge in [0.25, 0.3) is 0 Å². The van der Waals surface area contributed by atoms with E-state index < -0.39 is 0 Å². The number of hydrogen-bond donors (Lipinski definition) is 0. The summed E-state index contributed by atoms with van der Waals surface area (Å²) >= 11 is 0. The van der Waals surface area contributed by atoms with E-state index in [9.17, 15) is 5.21 Å². The summed E-state index contributed by atoms with van der Waals surface area (Å²) in [7, 11) is 0. The molecule has 0 amide bonds. The van der Waals surface area contributed by atoms with Crippen LogP contribution in [-0.4, -0.2) is 4.73 Å². The van der Waals surface area contributed by atoms with E-state index in [0.717, 1.165) is 4.73 Å². The van der Waals surface area contributed by atoms with Crippen LogP contribution < -0.4 is 0 Å². The zero-order valence-corrected chi connectivity index (χ0v) is 5.47. The predicted molar refractivity (Wildman–Crippen MR) is 40.8 cm³/mol. The molecule has 0 fully saturated rings. The number of aromatic nitrogens is 1. The van der Waals surface area contributed by atoms with Gasteiger partial charge in [-0.05, 0) is 24.5 Å². The molecular formula is C8H8NO-. The van der Waals surface area contributed by atoms with Crippen LogP contribution in [0.5, 0.6) is 0 Å². The van der Waals surface area contributed by atoms with Gasteiger partial charge < -0.3 is 9.94 Å². The van der Waals surface area contributed by atoms with Gasteiger partial charge in [-0.15, -0.1) is 0 Å². The lowest BCUT2D eigenvalue weighted by Gasteiger charge is -2.03. The Bertz CT molecular complexity index is 217. The van der Waals surface area contributed by atoms with Gasteiger partial charge in [-0.3, -0.25) is 0 Å². The van der Waals surface area contributed by atoms with Crippen molar-refractivity contribution in [2.75, 3.05) is 0 Å². The standard InChI is InChI=1S/C8H8NO/c10-9-7-5-3-1-2-4-6-8-9/h1-8H/q-1. The molecule has 1 rings (SSSR count). The fourth-order valence-electron chi connectivity index (χ4n) is 0.575. The van der Waals surface area contributed by atoms with E-state index in [1.807, 2.05) is 12.1 Å². The normalized spacial score (nSPS) is 8.40. The Morgan fingerprint density at radius 3 is 1.60 bits per heavy atom. The van der Waals surface area contributed by atoms with Gasteiger partial charge in [0.05, 0.1) is 0 Å². The summed E-state index contributed by atoms with van der Waals surface area (Å²) in [5.41, 5.74) is 0. The Morgan fingerprint density at radius 1 is 0.700 bits per heavy atom. The second-order valence-electron chi connectivity index (χ2n) is 1.81. The summed E-state index contributed by atoms with van der Waals surface area (Å²) in [4.78, 5) is 0. The maximum atomic E-state index is 10.7. The zero-order chi connectivity index (χ0) is 7.23. The van der Waals surface area contributed by atoms with Crippen molar-refractivity contribution in [3.05, 3.63) is 54.0 Å². The molecule has 0 bridgehead atoms. The van der Waals surface area contributed by atoms with Crippen LogP contribution in [0.1, 0.15) is 0 Å². The largest absolute Gasteiger partial charge is 0.806 e. The van der Waals surface area contributed by atoms with Crippen molar-refractivity contribution in [2.45, 2.75) is 0 Å². The quantitative estimate of drug-likeness (QED) is 0.533. The molecule has 0 saturated heterocycles. The molecule has 0 atom stereocenters. The summed E-state index contributed by atoms with van der Waals surface area (Å²) in [6.07, 6.45) is 2.89. The van der Waals surface area contributed by atoms with Crippen molar-refractivity contribution in [1.29, 1.82) is 0 Å². The second kappa shape index (κ2) is 3.56.